The van der Waals surface area contributed by atoms with Crippen molar-refractivity contribution in [2.24, 2.45) is 5.73 Å². The van der Waals surface area contributed by atoms with Crippen LogP contribution >= 0.6 is 22.9 Å². The molecule has 0 amide bonds. The third-order valence-electron chi connectivity index (χ3n) is 3.12. The Bertz CT molecular complexity index is 724. The minimum absolute atomic E-state index is 0.426. The maximum Gasteiger partial charge on any atom is 0.140 e. The lowest BCUT2D eigenvalue weighted by atomic mass is 10.1. The molecule has 1 heterocycles. The highest BCUT2D eigenvalue weighted by Crippen LogP contribution is 2.28. The summed E-state index contributed by atoms with van der Waals surface area (Å²) in [6, 6.07) is 13.8. The first-order valence-corrected chi connectivity index (χ1v) is 7.91. The number of fused-ring (bicyclic) bond motifs is 1. The van der Waals surface area contributed by atoms with Crippen LogP contribution in [0.3, 0.4) is 0 Å². The second-order valence-corrected chi connectivity index (χ2v) is 6.19. The fraction of sp³-hybridized carbons (Fsp3) is 0.188. The minimum atomic E-state index is 0.426. The van der Waals surface area contributed by atoms with E-state index in [1.165, 1.54) is 4.70 Å². The van der Waals surface area contributed by atoms with E-state index < -0.39 is 0 Å². The molecule has 3 rings (SSSR count). The Labute approximate surface area is 132 Å². The smallest absolute Gasteiger partial charge is 0.140 e. The molecule has 0 aliphatic rings. The molecule has 3 nitrogen and oxygen atoms in total. The van der Waals surface area contributed by atoms with Gasteiger partial charge >= 0.3 is 0 Å². The standard InChI is InChI=1S/C16H15ClN2OS/c17-12-9-11(7-8-18)5-6-14(12)20-10-16-19-13-3-1-2-4-15(13)21-16/h1-6,9H,7-8,10,18H2. The monoisotopic (exact) mass is 318 g/mol. The fourth-order valence-electron chi connectivity index (χ4n) is 2.10. The van der Waals surface area contributed by atoms with Crippen LogP contribution in [0.25, 0.3) is 10.2 Å². The molecule has 0 atom stereocenters. The van der Waals surface area contributed by atoms with Gasteiger partial charge in [0.15, 0.2) is 0 Å². The quantitative estimate of drug-likeness (QED) is 0.772. The van der Waals surface area contributed by atoms with Crippen LogP contribution in [0.1, 0.15) is 10.6 Å². The first-order chi connectivity index (χ1) is 10.3. The molecule has 0 aliphatic heterocycles. The number of hydrogen-bond donors (Lipinski definition) is 1. The van der Waals surface area contributed by atoms with Crippen molar-refractivity contribution in [1.29, 1.82) is 0 Å². The molecule has 2 aromatic carbocycles. The Kier molecular flexibility index (Phi) is 4.39. The Balaban J connectivity index is 1.72. The predicted octanol–water partition coefficient (Wildman–Crippen LogP) is 4.03. The predicted molar refractivity (Wildman–Crippen MR) is 88.2 cm³/mol. The van der Waals surface area contributed by atoms with Gasteiger partial charge < -0.3 is 10.5 Å². The molecular formula is C16H15ClN2OS. The van der Waals surface area contributed by atoms with Crippen LogP contribution in [-0.2, 0) is 13.0 Å². The molecule has 0 spiro atoms. The zero-order valence-corrected chi connectivity index (χ0v) is 13.0. The largest absolute Gasteiger partial charge is 0.485 e. The maximum absolute atomic E-state index is 6.23. The number of rotatable bonds is 5. The van der Waals surface area contributed by atoms with E-state index in [1.807, 2.05) is 36.4 Å². The number of halogens is 1. The van der Waals surface area contributed by atoms with Gasteiger partial charge in [-0.2, -0.15) is 0 Å². The van der Waals surface area contributed by atoms with E-state index in [1.54, 1.807) is 11.3 Å². The lowest BCUT2D eigenvalue weighted by molar-refractivity contribution is 0.306. The van der Waals surface area contributed by atoms with E-state index in [-0.39, 0.29) is 0 Å². The molecule has 0 fully saturated rings. The Morgan fingerprint density at radius 2 is 2.05 bits per heavy atom. The molecule has 0 bridgehead atoms. The van der Waals surface area contributed by atoms with Crippen molar-refractivity contribution >= 4 is 33.2 Å². The van der Waals surface area contributed by atoms with Crippen LogP contribution in [-0.4, -0.2) is 11.5 Å². The van der Waals surface area contributed by atoms with E-state index in [9.17, 15) is 0 Å². The zero-order chi connectivity index (χ0) is 14.7. The number of nitrogens with zero attached hydrogens (tertiary/aromatic N) is 1. The molecule has 0 unspecified atom stereocenters. The molecule has 0 saturated carbocycles. The molecule has 0 saturated heterocycles. The van der Waals surface area contributed by atoms with Crippen molar-refractivity contribution in [2.45, 2.75) is 13.0 Å². The average molecular weight is 319 g/mol. The van der Waals surface area contributed by atoms with E-state index in [0.29, 0.717) is 23.9 Å². The van der Waals surface area contributed by atoms with Gasteiger partial charge in [0.2, 0.25) is 0 Å². The fourth-order valence-corrected chi connectivity index (χ4v) is 3.24. The van der Waals surface area contributed by atoms with E-state index in [2.05, 4.69) is 11.1 Å². The van der Waals surface area contributed by atoms with Gasteiger partial charge in [-0.15, -0.1) is 11.3 Å². The van der Waals surface area contributed by atoms with E-state index in [0.717, 1.165) is 22.5 Å². The summed E-state index contributed by atoms with van der Waals surface area (Å²) in [7, 11) is 0. The summed E-state index contributed by atoms with van der Waals surface area (Å²) in [6.07, 6.45) is 0.817. The highest BCUT2D eigenvalue weighted by Gasteiger charge is 2.07. The summed E-state index contributed by atoms with van der Waals surface area (Å²) in [5, 5.41) is 1.56. The summed E-state index contributed by atoms with van der Waals surface area (Å²) < 4.78 is 6.94. The Hall–Kier alpha value is -1.62. The molecule has 21 heavy (non-hydrogen) atoms. The van der Waals surface area contributed by atoms with Crippen molar-refractivity contribution < 1.29 is 4.74 Å². The third-order valence-corrected chi connectivity index (χ3v) is 4.42. The first-order valence-electron chi connectivity index (χ1n) is 6.72. The summed E-state index contributed by atoms with van der Waals surface area (Å²) in [4.78, 5) is 4.54. The number of hydrogen-bond acceptors (Lipinski definition) is 4. The van der Waals surface area contributed by atoms with Gasteiger partial charge in [0.25, 0.3) is 0 Å². The van der Waals surface area contributed by atoms with Crippen molar-refractivity contribution in [3.05, 3.63) is 58.1 Å². The molecular weight excluding hydrogens is 304 g/mol. The van der Waals surface area contributed by atoms with Crippen LogP contribution in [0.4, 0.5) is 0 Å². The number of thiazole rings is 1. The van der Waals surface area contributed by atoms with Gasteiger partial charge in [-0.3, -0.25) is 0 Å². The third kappa shape index (κ3) is 3.35. The molecule has 2 N–H and O–H groups in total. The molecule has 3 aromatic rings. The van der Waals surface area contributed by atoms with Gasteiger partial charge in [0, 0.05) is 0 Å². The normalized spacial score (nSPS) is 11.0. The van der Waals surface area contributed by atoms with Gasteiger partial charge in [-0.25, -0.2) is 4.98 Å². The van der Waals surface area contributed by atoms with Crippen molar-refractivity contribution in [3.8, 4) is 5.75 Å². The van der Waals surface area contributed by atoms with Crippen molar-refractivity contribution in [1.82, 2.24) is 4.98 Å². The number of aromatic nitrogens is 1. The zero-order valence-electron chi connectivity index (χ0n) is 11.4. The molecule has 108 valence electrons. The van der Waals surface area contributed by atoms with Crippen LogP contribution in [0, 0.1) is 0 Å². The highest BCUT2D eigenvalue weighted by atomic mass is 35.5. The number of para-hydroxylation sites is 1. The Morgan fingerprint density at radius 3 is 2.81 bits per heavy atom. The molecule has 0 radical (unpaired) electrons. The van der Waals surface area contributed by atoms with Crippen LogP contribution < -0.4 is 10.5 Å². The first kappa shape index (κ1) is 14.3. The highest BCUT2D eigenvalue weighted by molar-refractivity contribution is 7.18. The van der Waals surface area contributed by atoms with Crippen LogP contribution in [0.5, 0.6) is 5.75 Å². The second-order valence-electron chi connectivity index (χ2n) is 4.67. The second kappa shape index (κ2) is 6.43. The van der Waals surface area contributed by atoms with Crippen LogP contribution in [0.15, 0.2) is 42.5 Å². The van der Waals surface area contributed by atoms with Crippen molar-refractivity contribution in [2.75, 3.05) is 6.54 Å². The topological polar surface area (TPSA) is 48.1 Å². The Morgan fingerprint density at radius 1 is 1.19 bits per heavy atom. The number of nitrogens with two attached hydrogens (primary N) is 1. The molecule has 1 aromatic heterocycles. The van der Waals surface area contributed by atoms with E-state index >= 15 is 0 Å². The van der Waals surface area contributed by atoms with Crippen LogP contribution in [0.2, 0.25) is 5.02 Å². The summed E-state index contributed by atoms with van der Waals surface area (Å²) in [5.41, 5.74) is 7.66. The maximum atomic E-state index is 6.23. The lowest BCUT2D eigenvalue weighted by Gasteiger charge is -2.08. The lowest BCUT2D eigenvalue weighted by Crippen LogP contribution is -2.03. The minimum Gasteiger partial charge on any atom is -0.485 e. The van der Waals surface area contributed by atoms with Gasteiger partial charge in [0.05, 0.1) is 15.2 Å². The average Bonchev–Trinajstić information content (AvgIpc) is 2.89. The van der Waals surface area contributed by atoms with Gasteiger partial charge in [-0.05, 0) is 42.8 Å². The molecule has 5 heteroatoms. The summed E-state index contributed by atoms with van der Waals surface area (Å²) in [5.74, 6) is 0.677. The van der Waals surface area contributed by atoms with Crippen molar-refractivity contribution in [3.63, 3.8) is 0 Å². The molecule has 0 aliphatic carbocycles. The van der Waals surface area contributed by atoms with E-state index in [4.69, 9.17) is 22.1 Å². The summed E-state index contributed by atoms with van der Waals surface area (Å²) >= 11 is 7.87. The van der Waals surface area contributed by atoms with Gasteiger partial charge in [0.1, 0.15) is 17.4 Å². The summed E-state index contributed by atoms with van der Waals surface area (Å²) in [6.45, 7) is 1.04. The SMILES string of the molecule is NCCc1ccc(OCc2nc3ccccc3s2)c(Cl)c1. The number of benzene rings is 2. The number of ether oxygens (including phenoxy) is 1. The van der Waals surface area contributed by atoms with Gasteiger partial charge in [-0.1, -0.05) is 29.8 Å².